The third kappa shape index (κ3) is 5.79. The van der Waals surface area contributed by atoms with E-state index in [1.54, 1.807) is 36.4 Å². The molecule has 0 heterocycles. The largest absolute Gasteiger partial charge is 0.508 e. The zero-order chi connectivity index (χ0) is 14.1. The molecule has 0 amide bonds. The Morgan fingerprint density at radius 2 is 1.58 bits per heavy atom. The van der Waals surface area contributed by atoms with Gasteiger partial charge in [-0.3, -0.25) is 0 Å². The van der Waals surface area contributed by atoms with Crippen molar-refractivity contribution in [3.8, 4) is 17.2 Å². The predicted octanol–water partition coefficient (Wildman–Crippen LogP) is 2.25. The average Bonchev–Trinajstić information content (AvgIpc) is 2.42. The number of hydrogen-bond acceptors (Lipinski definition) is 4. The average molecular weight is 261 g/mol. The Labute approximate surface area is 113 Å². The number of hydrogen-bond donors (Lipinski definition) is 4. The van der Waals surface area contributed by atoms with Crippen molar-refractivity contribution in [1.29, 1.82) is 0 Å². The predicted molar refractivity (Wildman–Crippen MR) is 75.5 cm³/mol. The molecule has 4 N–H and O–H groups in total. The van der Waals surface area contributed by atoms with Gasteiger partial charge in [0.2, 0.25) is 0 Å². The first-order valence-electron chi connectivity index (χ1n) is 6.03. The minimum absolute atomic E-state index is 0.0522. The Bertz CT molecular complexity index is 486. The molecule has 0 saturated heterocycles. The molecule has 0 aliphatic carbocycles. The van der Waals surface area contributed by atoms with Crippen LogP contribution in [0, 0.1) is 0 Å². The molecule has 2 aromatic carbocycles. The molecule has 0 saturated carbocycles. The molecule has 2 aromatic rings. The molecule has 0 aliphatic heterocycles. The Kier molecular flexibility index (Phi) is 6.26. The lowest BCUT2D eigenvalue weighted by Gasteiger charge is -2.02. The van der Waals surface area contributed by atoms with E-state index >= 15 is 0 Å². The van der Waals surface area contributed by atoms with E-state index in [0.717, 1.165) is 18.5 Å². The first-order valence-corrected chi connectivity index (χ1v) is 6.03. The second-order valence-corrected chi connectivity index (χ2v) is 4.01. The molecule has 0 bridgehead atoms. The van der Waals surface area contributed by atoms with Crippen LogP contribution in [0.15, 0.2) is 48.5 Å². The fourth-order valence-electron chi connectivity index (χ4n) is 1.42. The van der Waals surface area contributed by atoms with Crippen molar-refractivity contribution in [1.82, 2.24) is 5.32 Å². The summed E-state index contributed by atoms with van der Waals surface area (Å²) in [6.45, 7) is 0.865. The van der Waals surface area contributed by atoms with E-state index in [-0.39, 0.29) is 11.5 Å². The minimum Gasteiger partial charge on any atom is -0.508 e. The Balaban J connectivity index is 0.000000218. The SMILES string of the molecule is CNCCc1ccc(O)c(O)c1.Oc1ccccc1. The standard InChI is InChI=1S/C9H13NO2.C6H6O/c1-10-5-4-7-2-3-8(11)9(12)6-7;7-6-4-2-1-3-5-6/h2-3,6,10-12H,4-5H2,1H3;1-5,7H. The molecule has 0 unspecified atom stereocenters. The highest BCUT2D eigenvalue weighted by molar-refractivity contribution is 5.40. The van der Waals surface area contributed by atoms with Crippen LogP contribution in [0.1, 0.15) is 5.56 Å². The quantitative estimate of drug-likeness (QED) is 0.639. The van der Waals surface area contributed by atoms with Crippen molar-refractivity contribution in [2.24, 2.45) is 0 Å². The lowest BCUT2D eigenvalue weighted by molar-refractivity contribution is 0.403. The third-order valence-electron chi connectivity index (χ3n) is 2.46. The second kappa shape index (κ2) is 8.00. The first kappa shape index (κ1) is 14.9. The molecule has 2 rings (SSSR count). The zero-order valence-electron chi connectivity index (χ0n) is 10.9. The van der Waals surface area contributed by atoms with E-state index in [4.69, 9.17) is 15.3 Å². The molecule has 4 nitrogen and oxygen atoms in total. The summed E-state index contributed by atoms with van der Waals surface area (Å²) in [5.41, 5.74) is 1.01. The number of phenols is 3. The van der Waals surface area contributed by atoms with Crippen molar-refractivity contribution in [2.45, 2.75) is 6.42 Å². The van der Waals surface area contributed by atoms with Crippen LogP contribution in [0.4, 0.5) is 0 Å². The monoisotopic (exact) mass is 261 g/mol. The fraction of sp³-hybridized carbons (Fsp3) is 0.200. The van der Waals surface area contributed by atoms with Crippen LogP contribution in [-0.2, 0) is 6.42 Å². The van der Waals surface area contributed by atoms with E-state index in [9.17, 15) is 0 Å². The number of rotatable bonds is 3. The summed E-state index contributed by atoms with van der Waals surface area (Å²) in [4.78, 5) is 0. The van der Waals surface area contributed by atoms with Crippen molar-refractivity contribution >= 4 is 0 Å². The number of nitrogens with one attached hydrogen (secondary N) is 1. The van der Waals surface area contributed by atoms with Gasteiger partial charge in [-0.05, 0) is 49.8 Å². The topological polar surface area (TPSA) is 72.7 Å². The highest BCUT2D eigenvalue weighted by atomic mass is 16.3. The van der Waals surface area contributed by atoms with Crippen LogP contribution < -0.4 is 5.32 Å². The van der Waals surface area contributed by atoms with Crippen LogP contribution in [-0.4, -0.2) is 28.9 Å². The Hall–Kier alpha value is -2.20. The van der Waals surface area contributed by atoms with E-state index in [1.165, 1.54) is 6.07 Å². The van der Waals surface area contributed by atoms with Gasteiger partial charge in [0.25, 0.3) is 0 Å². The van der Waals surface area contributed by atoms with Crippen molar-refractivity contribution in [2.75, 3.05) is 13.6 Å². The van der Waals surface area contributed by atoms with E-state index in [2.05, 4.69) is 5.32 Å². The summed E-state index contributed by atoms with van der Waals surface area (Å²) in [5.74, 6) is 0.203. The molecule has 0 atom stereocenters. The Morgan fingerprint density at radius 3 is 2.05 bits per heavy atom. The van der Waals surface area contributed by atoms with Gasteiger partial charge in [0, 0.05) is 0 Å². The van der Waals surface area contributed by atoms with Crippen LogP contribution in [0.5, 0.6) is 17.2 Å². The molecule has 0 aromatic heterocycles. The summed E-state index contributed by atoms with van der Waals surface area (Å²) < 4.78 is 0. The Morgan fingerprint density at radius 1 is 0.895 bits per heavy atom. The fourth-order valence-corrected chi connectivity index (χ4v) is 1.42. The molecular formula is C15H19NO3. The summed E-state index contributed by atoms with van der Waals surface area (Å²) in [7, 11) is 1.88. The number of phenolic OH excluding ortho intramolecular Hbond substituents is 3. The molecule has 0 fully saturated rings. The molecule has 19 heavy (non-hydrogen) atoms. The summed E-state index contributed by atoms with van der Waals surface area (Å²) in [6.07, 6.45) is 0.852. The molecule has 4 heteroatoms. The summed E-state index contributed by atoms with van der Waals surface area (Å²) in [5, 5.41) is 29.8. The van der Waals surface area contributed by atoms with Gasteiger partial charge in [0.15, 0.2) is 11.5 Å². The molecule has 0 aliphatic rings. The van der Waals surface area contributed by atoms with Gasteiger partial charge >= 0.3 is 0 Å². The normalized spacial score (nSPS) is 9.53. The molecule has 0 radical (unpaired) electrons. The number of para-hydroxylation sites is 1. The zero-order valence-corrected chi connectivity index (χ0v) is 10.9. The van der Waals surface area contributed by atoms with Gasteiger partial charge in [-0.1, -0.05) is 24.3 Å². The lowest BCUT2D eigenvalue weighted by atomic mass is 10.1. The van der Waals surface area contributed by atoms with E-state index in [1.807, 2.05) is 13.1 Å². The molecule has 102 valence electrons. The van der Waals surface area contributed by atoms with E-state index in [0.29, 0.717) is 5.75 Å². The van der Waals surface area contributed by atoms with Crippen LogP contribution >= 0.6 is 0 Å². The van der Waals surface area contributed by atoms with Crippen LogP contribution in [0.3, 0.4) is 0 Å². The van der Waals surface area contributed by atoms with Crippen LogP contribution in [0.2, 0.25) is 0 Å². The minimum atomic E-state index is -0.0665. The lowest BCUT2D eigenvalue weighted by Crippen LogP contribution is -2.09. The summed E-state index contributed by atoms with van der Waals surface area (Å²) >= 11 is 0. The first-order chi connectivity index (χ1) is 9.13. The highest BCUT2D eigenvalue weighted by Gasteiger charge is 1.99. The van der Waals surface area contributed by atoms with Crippen LogP contribution in [0.25, 0.3) is 0 Å². The smallest absolute Gasteiger partial charge is 0.157 e. The number of likely N-dealkylation sites (N-methyl/N-ethyl adjacent to an activating group) is 1. The van der Waals surface area contributed by atoms with Crippen molar-refractivity contribution < 1.29 is 15.3 Å². The van der Waals surface area contributed by atoms with Gasteiger partial charge in [-0.2, -0.15) is 0 Å². The van der Waals surface area contributed by atoms with Gasteiger partial charge in [-0.25, -0.2) is 0 Å². The molecule has 0 spiro atoms. The number of benzene rings is 2. The van der Waals surface area contributed by atoms with Gasteiger partial charge in [0.05, 0.1) is 0 Å². The summed E-state index contributed by atoms with van der Waals surface area (Å²) in [6, 6.07) is 13.6. The second-order valence-electron chi connectivity index (χ2n) is 4.01. The maximum atomic E-state index is 9.13. The van der Waals surface area contributed by atoms with Gasteiger partial charge in [0.1, 0.15) is 5.75 Å². The number of aromatic hydroxyl groups is 3. The highest BCUT2D eigenvalue weighted by Crippen LogP contribution is 2.24. The third-order valence-corrected chi connectivity index (χ3v) is 2.46. The van der Waals surface area contributed by atoms with Crippen molar-refractivity contribution in [3.63, 3.8) is 0 Å². The molecular weight excluding hydrogens is 242 g/mol. The van der Waals surface area contributed by atoms with Gasteiger partial charge in [-0.15, -0.1) is 0 Å². The van der Waals surface area contributed by atoms with Crippen molar-refractivity contribution in [3.05, 3.63) is 54.1 Å². The maximum absolute atomic E-state index is 9.13. The maximum Gasteiger partial charge on any atom is 0.157 e. The van der Waals surface area contributed by atoms with E-state index < -0.39 is 0 Å². The van der Waals surface area contributed by atoms with Gasteiger partial charge < -0.3 is 20.6 Å².